The fourth-order valence-corrected chi connectivity index (χ4v) is 1.78. The summed E-state index contributed by atoms with van der Waals surface area (Å²) in [6.45, 7) is 3.25. The second-order valence-corrected chi connectivity index (χ2v) is 4.72. The maximum atomic E-state index is 9.87. The van der Waals surface area contributed by atoms with E-state index >= 15 is 0 Å². The van der Waals surface area contributed by atoms with Crippen LogP contribution in [0.2, 0.25) is 0 Å². The van der Waals surface area contributed by atoms with Crippen LogP contribution in [0.15, 0.2) is 30.6 Å². The second-order valence-electron chi connectivity index (χ2n) is 4.72. The Labute approximate surface area is 118 Å². The van der Waals surface area contributed by atoms with Crippen molar-refractivity contribution in [3.63, 3.8) is 0 Å². The number of aryl methyl sites for hydroxylation is 2. The van der Waals surface area contributed by atoms with Crippen molar-refractivity contribution >= 4 is 0 Å². The van der Waals surface area contributed by atoms with E-state index in [0.29, 0.717) is 13.1 Å². The topological polar surface area (TPSA) is 72.2 Å². The summed E-state index contributed by atoms with van der Waals surface area (Å²) in [4.78, 5) is 0. The molecule has 2 aromatic rings. The molecule has 1 aromatic heterocycles. The zero-order valence-corrected chi connectivity index (χ0v) is 11.8. The molecule has 6 nitrogen and oxygen atoms in total. The van der Waals surface area contributed by atoms with Crippen LogP contribution in [-0.4, -0.2) is 39.1 Å². The average Bonchev–Trinajstić information content (AvgIpc) is 2.84. The maximum absolute atomic E-state index is 9.87. The number of nitrogens with one attached hydrogen (secondary N) is 1. The Bertz CT molecular complexity index is 541. The molecule has 6 heteroatoms. The van der Waals surface area contributed by atoms with Gasteiger partial charge in [0.15, 0.2) is 0 Å². The number of nitrogens with zero attached hydrogens (tertiary/aromatic N) is 3. The third-order valence-corrected chi connectivity index (χ3v) is 2.99. The molecule has 0 fully saturated rings. The van der Waals surface area contributed by atoms with Crippen LogP contribution < -0.4 is 10.1 Å². The Morgan fingerprint density at radius 3 is 2.90 bits per heavy atom. The molecule has 2 rings (SSSR count). The fourth-order valence-electron chi connectivity index (χ4n) is 1.78. The largest absolute Gasteiger partial charge is 0.491 e. The third-order valence-electron chi connectivity index (χ3n) is 2.99. The minimum absolute atomic E-state index is 0.261. The van der Waals surface area contributed by atoms with E-state index in [1.54, 1.807) is 6.33 Å². The van der Waals surface area contributed by atoms with Crippen molar-refractivity contribution in [2.45, 2.75) is 19.6 Å². The molecule has 1 unspecified atom stereocenters. The quantitative estimate of drug-likeness (QED) is 0.777. The van der Waals surface area contributed by atoms with Crippen molar-refractivity contribution in [2.24, 2.45) is 7.05 Å². The summed E-state index contributed by atoms with van der Waals surface area (Å²) >= 11 is 0. The van der Waals surface area contributed by atoms with Gasteiger partial charge in [-0.2, -0.15) is 0 Å². The number of hydrogen-bond donors (Lipinski definition) is 2. The van der Waals surface area contributed by atoms with Crippen LogP contribution in [0.4, 0.5) is 0 Å². The molecule has 20 heavy (non-hydrogen) atoms. The van der Waals surface area contributed by atoms with Crippen molar-refractivity contribution < 1.29 is 9.84 Å². The Kier molecular flexibility index (Phi) is 5.09. The van der Waals surface area contributed by atoms with Crippen molar-refractivity contribution in [1.29, 1.82) is 0 Å². The van der Waals surface area contributed by atoms with Crippen LogP contribution in [0.25, 0.3) is 0 Å². The van der Waals surface area contributed by atoms with Crippen LogP contribution >= 0.6 is 0 Å². The van der Waals surface area contributed by atoms with E-state index in [0.717, 1.165) is 17.1 Å². The molecule has 0 aliphatic rings. The van der Waals surface area contributed by atoms with Crippen molar-refractivity contribution in [1.82, 2.24) is 20.1 Å². The van der Waals surface area contributed by atoms with Gasteiger partial charge in [-0.25, -0.2) is 0 Å². The van der Waals surface area contributed by atoms with Gasteiger partial charge in [0.25, 0.3) is 0 Å². The number of aliphatic hydroxyl groups excluding tert-OH is 1. The van der Waals surface area contributed by atoms with Crippen LogP contribution in [-0.2, 0) is 13.6 Å². The van der Waals surface area contributed by atoms with E-state index in [4.69, 9.17) is 4.74 Å². The molecule has 0 radical (unpaired) electrons. The standard InChI is InChI=1S/C14H20N4O2/c1-11-5-3-4-6-13(11)20-9-12(19)7-15-8-14-17-16-10-18(14)2/h3-6,10,12,15,19H,7-9H2,1-2H3. The van der Waals surface area contributed by atoms with Gasteiger partial charge in [0.1, 0.15) is 30.6 Å². The fraction of sp³-hybridized carbons (Fsp3) is 0.429. The molecule has 0 amide bonds. The minimum Gasteiger partial charge on any atom is -0.491 e. The van der Waals surface area contributed by atoms with Gasteiger partial charge < -0.3 is 19.7 Å². The Balaban J connectivity index is 1.69. The number of ether oxygens (including phenoxy) is 1. The number of aliphatic hydroxyl groups is 1. The lowest BCUT2D eigenvalue weighted by molar-refractivity contribution is 0.105. The lowest BCUT2D eigenvalue weighted by Crippen LogP contribution is -2.31. The summed E-state index contributed by atoms with van der Waals surface area (Å²) in [6.07, 6.45) is 1.08. The van der Waals surface area contributed by atoms with Crippen LogP contribution in [0.3, 0.4) is 0 Å². The van der Waals surface area contributed by atoms with E-state index in [-0.39, 0.29) is 6.61 Å². The first-order valence-electron chi connectivity index (χ1n) is 6.57. The van der Waals surface area contributed by atoms with Gasteiger partial charge in [-0.1, -0.05) is 18.2 Å². The first-order chi connectivity index (χ1) is 9.66. The van der Waals surface area contributed by atoms with Crippen molar-refractivity contribution in [3.05, 3.63) is 42.0 Å². The summed E-state index contributed by atoms with van der Waals surface area (Å²) in [5, 5.41) is 20.7. The normalized spacial score (nSPS) is 12.3. The molecule has 2 N–H and O–H groups in total. The molecule has 0 bridgehead atoms. The van der Waals surface area contributed by atoms with Gasteiger partial charge in [-0.3, -0.25) is 0 Å². The summed E-state index contributed by atoms with van der Waals surface area (Å²) in [5.74, 6) is 1.64. The lowest BCUT2D eigenvalue weighted by Gasteiger charge is -2.14. The molecule has 108 valence electrons. The van der Waals surface area contributed by atoms with Crippen LogP contribution in [0, 0.1) is 6.92 Å². The Hall–Kier alpha value is -1.92. The Morgan fingerprint density at radius 2 is 2.20 bits per heavy atom. The minimum atomic E-state index is -0.567. The first kappa shape index (κ1) is 14.5. The zero-order valence-electron chi connectivity index (χ0n) is 11.8. The molecule has 0 saturated heterocycles. The van der Waals surface area contributed by atoms with Gasteiger partial charge in [0, 0.05) is 13.6 Å². The van der Waals surface area contributed by atoms with E-state index in [2.05, 4.69) is 15.5 Å². The Morgan fingerprint density at radius 1 is 1.40 bits per heavy atom. The summed E-state index contributed by atoms with van der Waals surface area (Å²) in [6, 6.07) is 7.76. The molecule has 0 saturated carbocycles. The smallest absolute Gasteiger partial charge is 0.146 e. The van der Waals surface area contributed by atoms with Gasteiger partial charge in [-0.15, -0.1) is 10.2 Å². The monoisotopic (exact) mass is 276 g/mol. The second kappa shape index (κ2) is 7.02. The first-order valence-corrected chi connectivity index (χ1v) is 6.57. The molecule has 0 spiro atoms. The zero-order chi connectivity index (χ0) is 14.4. The van der Waals surface area contributed by atoms with E-state index in [1.165, 1.54) is 0 Å². The highest BCUT2D eigenvalue weighted by Gasteiger charge is 2.07. The molecular weight excluding hydrogens is 256 g/mol. The van der Waals surface area contributed by atoms with Gasteiger partial charge in [0.2, 0.25) is 0 Å². The highest BCUT2D eigenvalue weighted by atomic mass is 16.5. The van der Waals surface area contributed by atoms with E-state index < -0.39 is 6.10 Å². The molecule has 1 atom stereocenters. The highest BCUT2D eigenvalue weighted by Crippen LogP contribution is 2.16. The molecule has 0 aliphatic heterocycles. The van der Waals surface area contributed by atoms with Gasteiger partial charge in [0.05, 0.1) is 6.54 Å². The SMILES string of the molecule is Cc1ccccc1OCC(O)CNCc1nncn1C. The summed E-state index contributed by atoms with van der Waals surface area (Å²) in [7, 11) is 1.88. The number of rotatable bonds is 7. The number of para-hydroxylation sites is 1. The number of benzene rings is 1. The summed E-state index contributed by atoms with van der Waals surface area (Å²) in [5.41, 5.74) is 1.06. The molecule has 1 aromatic carbocycles. The summed E-state index contributed by atoms with van der Waals surface area (Å²) < 4.78 is 7.42. The van der Waals surface area contributed by atoms with Gasteiger partial charge in [-0.05, 0) is 18.6 Å². The van der Waals surface area contributed by atoms with Crippen LogP contribution in [0.1, 0.15) is 11.4 Å². The predicted molar refractivity (Wildman–Crippen MR) is 75.4 cm³/mol. The van der Waals surface area contributed by atoms with Crippen molar-refractivity contribution in [2.75, 3.05) is 13.2 Å². The lowest BCUT2D eigenvalue weighted by atomic mass is 10.2. The number of aromatic nitrogens is 3. The predicted octanol–water partition coefficient (Wildman–Crippen LogP) is 0.653. The molecule has 1 heterocycles. The van der Waals surface area contributed by atoms with Crippen molar-refractivity contribution in [3.8, 4) is 5.75 Å². The molecule has 0 aliphatic carbocycles. The number of hydrogen-bond acceptors (Lipinski definition) is 5. The van der Waals surface area contributed by atoms with E-state index in [1.807, 2.05) is 42.8 Å². The highest BCUT2D eigenvalue weighted by molar-refractivity contribution is 5.31. The average molecular weight is 276 g/mol. The third kappa shape index (κ3) is 4.04. The molecular formula is C14H20N4O2. The van der Waals surface area contributed by atoms with E-state index in [9.17, 15) is 5.11 Å². The van der Waals surface area contributed by atoms with Gasteiger partial charge >= 0.3 is 0 Å². The maximum Gasteiger partial charge on any atom is 0.146 e. The van der Waals surface area contributed by atoms with Crippen LogP contribution in [0.5, 0.6) is 5.75 Å².